The second-order valence-corrected chi connectivity index (χ2v) is 9.20. The summed E-state index contributed by atoms with van der Waals surface area (Å²) in [5.74, 6) is -0.246. The normalized spacial score (nSPS) is 23.1. The van der Waals surface area contributed by atoms with Gasteiger partial charge < -0.3 is 10.6 Å². The van der Waals surface area contributed by atoms with Gasteiger partial charge in [-0.25, -0.2) is 9.48 Å². The molecule has 172 valence electrons. The van der Waals surface area contributed by atoms with E-state index in [0.717, 1.165) is 35.3 Å². The van der Waals surface area contributed by atoms with Crippen LogP contribution < -0.4 is 10.6 Å². The van der Waals surface area contributed by atoms with Crippen molar-refractivity contribution < 1.29 is 14.4 Å². The lowest BCUT2D eigenvalue weighted by Gasteiger charge is -2.27. The number of imide groups is 1. The molecule has 0 saturated carbocycles. The molecule has 4 amide bonds. The first-order valence-electron chi connectivity index (χ1n) is 11.7. The minimum Gasteiger partial charge on any atom is -0.319 e. The number of urea groups is 1. The van der Waals surface area contributed by atoms with Crippen molar-refractivity contribution in [3.05, 3.63) is 83.0 Å². The molecule has 1 spiro atoms. The lowest BCUT2D eigenvalue weighted by molar-refractivity contribution is -0.134. The Labute approximate surface area is 196 Å². The summed E-state index contributed by atoms with van der Waals surface area (Å²) in [5.41, 5.74) is 3.32. The first-order chi connectivity index (χ1) is 16.6. The molecule has 2 aliphatic carbocycles. The molecule has 2 aromatic carbocycles. The van der Waals surface area contributed by atoms with Gasteiger partial charge in [-0.1, -0.05) is 48.5 Å². The van der Waals surface area contributed by atoms with Crippen molar-refractivity contribution in [2.75, 3.05) is 11.9 Å². The Hall–Kier alpha value is -3.94. The third-order valence-electron chi connectivity index (χ3n) is 7.29. The van der Waals surface area contributed by atoms with Crippen LogP contribution in [0.15, 0.2) is 60.8 Å². The lowest BCUT2D eigenvalue weighted by Crippen LogP contribution is -2.43. The number of carbonyl (C=O) groups is 3. The zero-order chi connectivity index (χ0) is 23.3. The molecule has 2 unspecified atom stereocenters. The number of hydrogen-bond acceptors (Lipinski definition) is 4. The Bertz CT molecular complexity index is 1320. The van der Waals surface area contributed by atoms with E-state index in [2.05, 4.69) is 27.9 Å². The van der Waals surface area contributed by atoms with Crippen molar-refractivity contribution in [2.45, 2.75) is 43.7 Å². The number of nitrogens with one attached hydrogen (secondary N) is 2. The molecule has 1 saturated heterocycles. The second kappa shape index (κ2) is 7.83. The number of amides is 4. The van der Waals surface area contributed by atoms with Crippen LogP contribution in [-0.2, 0) is 28.0 Å². The standard InChI is InChI=1S/C26H25N5O3/c32-23(16-30-24(33)26(29-25(30)34)14-12-18-7-2-4-10-20(18)26)28-22-13-15-27-31(22)21-11-5-8-17-6-1-3-9-19(17)21/h1-4,6-7,9-10,13,15,21H,5,8,11-12,14,16H2,(H,28,32)(H,29,34). The summed E-state index contributed by atoms with van der Waals surface area (Å²) in [7, 11) is 0. The first-order valence-corrected chi connectivity index (χ1v) is 11.7. The van der Waals surface area contributed by atoms with Gasteiger partial charge in [-0.15, -0.1) is 0 Å². The molecule has 1 fully saturated rings. The van der Waals surface area contributed by atoms with Gasteiger partial charge in [0.05, 0.1) is 12.2 Å². The monoisotopic (exact) mass is 455 g/mol. The topological polar surface area (TPSA) is 96.3 Å². The minimum atomic E-state index is -1.07. The molecule has 3 aliphatic rings. The zero-order valence-electron chi connectivity index (χ0n) is 18.7. The quantitative estimate of drug-likeness (QED) is 0.591. The van der Waals surface area contributed by atoms with Crippen molar-refractivity contribution in [3.8, 4) is 0 Å². The fourth-order valence-electron chi connectivity index (χ4n) is 5.70. The fourth-order valence-corrected chi connectivity index (χ4v) is 5.70. The van der Waals surface area contributed by atoms with Crippen molar-refractivity contribution in [3.63, 3.8) is 0 Å². The highest BCUT2D eigenvalue weighted by molar-refractivity contribution is 6.10. The Morgan fingerprint density at radius 3 is 2.74 bits per heavy atom. The minimum absolute atomic E-state index is 0.0326. The second-order valence-electron chi connectivity index (χ2n) is 9.20. The molecule has 6 rings (SSSR count). The van der Waals surface area contributed by atoms with Crippen molar-refractivity contribution in [1.29, 1.82) is 0 Å². The van der Waals surface area contributed by atoms with Crippen LogP contribution in [0.5, 0.6) is 0 Å². The van der Waals surface area contributed by atoms with E-state index in [-0.39, 0.29) is 18.5 Å². The van der Waals surface area contributed by atoms with Crippen LogP contribution in [-0.4, -0.2) is 39.1 Å². The lowest BCUT2D eigenvalue weighted by atomic mass is 9.88. The summed E-state index contributed by atoms with van der Waals surface area (Å²) in [6.07, 6.45) is 5.88. The summed E-state index contributed by atoms with van der Waals surface area (Å²) in [5, 5.41) is 10.2. The molecule has 0 radical (unpaired) electrons. The molecule has 1 aromatic heterocycles. The van der Waals surface area contributed by atoms with Crippen LogP contribution in [0.3, 0.4) is 0 Å². The Morgan fingerprint density at radius 2 is 1.85 bits per heavy atom. The third-order valence-corrected chi connectivity index (χ3v) is 7.29. The van der Waals surface area contributed by atoms with Gasteiger partial charge in [0.2, 0.25) is 5.91 Å². The number of aromatic nitrogens is 2. The zero-order valence-corrected chi connectivity index (χ0v) is 18.7. The molecule has 2 atom stereocenters. The number of fused-ring (bicyclic) bond motifs is 3. The molecule has 2 heterocycles. The van der Waals surface area contributed by atoms with Crippen LogP contribution >= 0.6 is 0 Å². The summed E-state index contributed by atoms with van der Waals surface area (Å²) in [4.78, 5) is 40.1. The summed E-state index contributed by atoms with van der Waals surface area (Å²) in [6.45, 7) is -0.346. The average Bonchev–Trinajstić information content (AvgIpc) is 3.53. The van der Waals surface area contributed by atoms with Gasteiger partial charge in [-0.3, -0.25) is 14.5 Å². The largest absolute Gasteiger partial charge is 0.325 e. The van der Waals surface area contributed by atoms with Crippen LogP contribution in [0, 0.1) is 0 Å². The fraction of sp³-hybridized carbons (Fsp3) is 0.308. The van der Waals surface area contributed by atoms with Gasteiger partial charge in [0.25, 0.3) is 5.91 Å². The van der Waals surface area contributed by atoms with E-state index < -0.39 is 17.5 Å². The van der Waals surface area contributed by atoms with E-state index >= 15 is 0 Å². The summed E-state index contributed by atoms with van der Waals surface area (Å²) in [6, 6.07) is 17.2. The molecule has 8 heteroatoms. The van der Waals surface area contributed by atoms with Gasteiger partial charge in [-0.05, 0) is 54.4 Å². The maximum atomic E-state index is 13.3. The first kappa shape index (κ1) is 20.7. The average molecular weight is 456 g/mol. The molecular formula is C26H25N5O3. The molecule has 1 aliphatic heterocycles. The summed E-state index contributed by atoms with van der Waals surface area (Å²) >= 11 is 0. The molecule has 2 N–H and O–H groups in total. The van der Waals surface area contributed by atoms with E-state index in [9.17, 15) is 14.4 Å². The number of rotatable bonds is 4. The van der Waals surface area contributed by atoms with E-state index in [4.69, 9.17) is 0 Å². The maximum absolute atomic E-state index is 13.3. The highest BCUT2D eigenvalue weighted by Crippen LogP contribution is 2.41. The molecule has 8 nitrogen and oxygen atoms in total. The third kappa shape index (κ3) is 3.13. The number of benzene rings is 2. The number of nitrogens with zero attached hydrogens (tertiary/aromatic N) is 3. The highest BCUT2D eigenvalue weighted by Gasteiger charge is 2.55. The van der Waals surface area contributed by atoms with Crippen LogP contribution in [0.2, 0.25) is 0 Å². The van der Waals surface area contributed by atoms with Crippen molar-refractivity contribution in [1.82, 2.24) is 20.0 Å². The van der Waals surface area contributed by atoms with Gasteiger partial charge in [0.1, 0.15) is 17.9 Å². The molecule has 34 heavy (non-hydrogen) atoms. The van der Waals surface area contributed by atoms with E-state index in [1.165, 1.54) is 11.1 Å². The number of anilines is 1. The van der Waals surface area contributed by atoms with E-state index in [1.54, 1.807) is 12.3 Å². The Kier molecular flexibility index (Phi) is 4.76. The van der Waals surface area contributed by atoms with Crippen LogP contribution in [0.1, 0.15) is 47.6 Å². The van der Waals surface area contributed by atoms with Crippen LogP contribution in [0.25, 0.3) is 0 Å². The Balaban J connectivity index is 1.20. The van der Waals surface area contributed by atoms with Crippen molar-refractivity contribution >= 4 is 23.7 Å². The Morgan fingerprint density at radius 1 is 1.06 bits per heavy atom. The van der Waals surface area contributed by atoms with Gasteiger partial charge in [0, 0.05) is 6.07 Å². The molecule has 3 aromatic rings. The van der Waals surface area contributed by atoms with Gasteiger partial charge >= 0.3 is 6.03 Å². The van der Waals surface area contributed by atoms with E-state index in [0.29, 0.717) is 18.7 Å². The SMILES string of the molecule is O=C(CN1C(=O)NC2(CCc3ccccc32)C1=O)Nc1ccnn1C1CCCc2ccccc21. The molecule has 0 bridgehead atoms. The van der Waals surface area contributed by atoms with Crippen molar-refractivity contribution in [2.24, 2.45) is 0 Å². The number of hydrogen-bond donors (Lipinski definition) is 2. The van der Waals surface area contributed by atoms with E-state index in [1.807, 2.05) is 41.1 Å². The number of carbonyl (C=O) groups excluding carboxylic acids is 3. The van der Waals surface area contributed by atoms with Crippen LogP contribution in [0.4, 0.5) is 10.6 Å². The predicted molar refractivity (Wildman–Crippen MR) is 125 cm³/mol. The molecular weight excluding hydrogens is 430 g/mol. The van der Waals surface area contributed by atoms with Gasteiger partial charge in [0.15, 0.2) is 0 Å². The smallest absolute Gasteiger partial charge is 0.319 e. The predicted octanol–water partition coefficient (Wildman–Crippen LogP) is 3.14. The highest BCUT2D eigenvalue weighted by atomic mass is 16.2. The van der Waals surface area contributed by atoms with Gasteiger partial charge in [-0.2, -0.15) is 5.10 Å². The maximum Gasteiger partial charge on any atom is 0.325 e. The summed E-state index contributed by atoms with van der Waals surface area (Å²) < 4.78 is 1.83. The number of aryl methyl sites for hydroxylation is 2.